The third kappa shape index (κ3) is 7.05. The van der Waals surface area contributed by atoms with Crippen LogP contribution in [0.1, 0.15) is 28.1 Å². The standard InChI is InChI=1S/C9H10BrNO3.C9H9BrO3.CH4/c1-13-7-4-5(9(12)14-2)3-6(10)8(7)11;1-12-8-4-6(9(11)13-2)3-7(10)5-8;/h3-4H,11H2,1-2H3;3-5H,1-2H3;1H4. The number of methoxy groups -OCH3 is 4. The summed E-state index contributed by atoms with van der Waals surface area (Å²) in [5.41, 5.74) is 7.00. The van der Waals surface area contributed by atoms with Crippen molar-refractivity contribution in [3.63, 3.8) is 0 Å². The Bertz CT molecular complexity index is 826. The number of halogens is 2. The largest absolute Gasteiger partial charge is 0.497 e. The highest BCUT2D eigenvalue weighted by Crippen LogP contribution is 2.31. The van der Waals surface area contributed by atoms with Crippen LogP contribution in [-0.2, 0) is 9.47 Å². The molecule has 9 heteroatoms. The molecule has 0 aliphatic heterocycles. The molecule has 7 nitrogen and oxygen atoms in total. The molecule has 0 aliphatic carbocycles. The van der Waals surface area contributed by atoms with Gasteiger partial charge in [0.05, 0.1) is 45.3 Å². The van der Waals surface area contributed by atoms with E-state index in [4.69, 9.17) is 15.2 Å². The lowest BCUT2D eigenvalue weighted by Gasteiger charge is -2.08. The number of benzene rings is 2. The van der Waals surface area contributed by atoms with Crippen LogP contribution in [0.4, 0.5) is 5.69 Å². The van der Waals surface area contributed by atoms with Crippen molar-refractivity contribution in [1.82, 2.24) is 0 Å². The summed E-state index contributed by atoms with van der Waals surface area (Å²) < 4.78 is 20.5. The number of carbonyl (C=O) groups is 2. The van der Waals surface area contributed by atoms with Gasteiger partial charge in [0.25, 0.3) is 0 Å². The van der Waals surface area contributed by atoms with Crippen molar-refractivity contribution in [3.8, 4) is 11.5 Å². The van der Waals surface area contributed by atoms with E-state index in [9.17, 15) is 9.59 Å². The van der Waals surface area contributed by atoms with Crippen LogP contribution in [0.15, 0.2) is 39.3 Å². The fourth-order valence-electron chi connectivity index (χ4n) is 1.91. The first-order chi connectivity index (χ1) is 12.8. The zero-order chi connectivity index (χ0) is 20.6. The molecule has 2 aromatic rings. The number of nitrogen functional groups attached to an aromatic ring is 1. The van der Waals surface area contributed by atoms with Gasteiger partial charge in [-0.1, -0.05) is 23.4 Å². The van der Waals surface area contributed by atoms with Crippen LogP contribution in [-0.4, -0.2) is 40.4 Å². The molecule has 154 valence electrons. The molecule has 0 unspecified atom stereocenters. The summed E-state index contributed by atoms with van der Waals surface area (Å²) in [5, 5.41) is 0. The van der Waals surface area contributed by atoms with Gasteiger partial charge in [0.2, 0.25) is 0 Å². The Hall–Kier alpha value is -2.26. The summed E-state index contributed by atoms with van der Waals surface area (Å²) in [7, 11) is 5.69. The lowest BCUT2D eigenvalue weighted by Crippen LogP contribution is -2.03. The van der Waals surface area contributed by atoms with E-state index in [2.05, 4.69) is 41.3 Å². The van der Waals surface area contributed by atoms with E-state index in [1.807, 2.05) is 0 Å². The maximum Gasteiger partial charge on any atom is 0.338 e. The summed E-state index contributed by atoms with van der Waals surface area (Å²) in [6.45, 7) is 0. The second-order valence-corrected chi connectivity index (χ2v) is 6.71. The van der Waals surface area contributed by atoms with Crippen LogP contribution in [0, 0.1) is 0 Å². The summed E-state index contributed by atoms with van der Waals surface area (Å²) in [5.74, 6) is 0.262. The van der Waals surface area contributed by atoms with Crippen molar-refractivity contribution in [2.24, 2.45) is 0 Å². The van der Waals surface area contributed by atoms with Gasteiger partial charge in [0.1, 0.15) is 11.5 Å². The predicted molar refractivity (Wildman–Crippen MR) is 115 cm³/mol. The molecule has 2 N–H and O–H groups in total. The Balaban J connectivity index is 0.000000504. The Labute approximate surface area is 181 Å². The Morgan fingerprint density at radius 1 is 0.821 bits per heavy atom. The lowest BCUT2D eigenvalue weighted by atomic mass is 10.2. The zero-order valence-corrected chi connectivity index (χ0v) is 18.3. The smallest absolute Gasteiger partial charge is 0.338 e. The van der Waals surface area contributed by atoms with Crippen molar-refractivity contribution in [2.75, 3.05) is 34.2 Å². The average molecular weight is 521 g/mol. The average Bonchev–Trinajstić information content (AvgIpc) is 2.68. The van der Waals surface area contributed by atoms with Crippen LogP contribution in [0.25, 0.3) is 0 Å². The second kappa shape index (κ2) is 12.2. The van der Waals surface area contributed by atoms with Crippen molar-refractivity contribution in [2.45, 2.75) is 7.43 Å². The van der Waals surface area contributed by atoms with Crippen LogP contribution in [0.5, 0.6) is 11.5 Å². The molecular formula is C19H23Br2NO6. The van der Waals surface area contributed by atoms with Gasteiger partial charge in [-0.25, -0.2) is 9.59 Å². The van der Waals surface area contributed by atoms with E-state index in [0.29, 0.717) is 32.8 Å². The fourth-order valence-corrected chi connectivity index (χ4v) is 2.83. The van der Waals surface area contributed by atoms with E-state index >= 15 is 0 Å². The normalized spacial score (nSPS) is 9.21. The molecule has 0 radical (unpaired) electrons. The van der Waals surface area contributed by atoms with Crippen LogP contribution in [0.2, 0.25) is 0 Å². The van der Waals surface area contributed by atoms with Gasteiger partial charge in [-0.15, -0.1) is 0 Å². The molecule has 0 spiro atoms. The first-order valence-electron chi connectivity index (χ1n) is 7.41. The third-order valence-corrected chi connectivity index (χ3v) is 4.37. The van der Waals surface area contributed by atoms with Gasteiger partial charge in [0.15, 0.2) is 0 Å². The predicted octanol–water partition coefficient (Wildman–Crippen LogP) is 4.71. The Morgan fingerprint density at radius 2 is 1.36 bits per heavy atom. The SMILES string of the molecule is C.COC(=O)c1cc(Br)c(N)c(OC)c1.COC(=O)c1cc(Br)cc(OC)c1. The quantitative estimate of drug-likeness (QED) is 0.460. The Kier molecular flexibility index (Phi) is 11.3. The van der Waals surface area contributed by atoms with Crippen LogP contribution < -0.4 is 15.2 Å². The molecule has 2 aromatic carbocycles. The van der Waals surface area contributed by atoms with Gasteiger partial charge in [-0.3, -0.25) is 0 Å². The lowest BCUT2D eigenvalue weighted by molar-refractivity contribution is 0.0591. The Morgan fingerprint density at radius 3 is 1.82 bits per heavy atom. The van der Waals surface area contributed by atoms with Gasteiger partial charge >= 0.3 is 11.9 Å². The third-order valence-electron chi connectivity index (χ3n) is 3.26. The van der Waals surface area contributed by atoms with Crippen LogP contribution >= 0.6 is 31.9 Å². The maximum absolute atomic E-state index is 11.2. The van der Waals surface area contributed by atoms with Crippen molar-refractivity contribution < 1.29 is 28.5 Å². The fraction of sp³-hybridized carbons (Fsp3) is 0.263. The number of esters is 2. The van der Waals surface area contributed by atoms with Gasteiger partial charge in [-0.05, 0) is 46.3 Å². The number of rotatable bonds is 4. The highest BCUT2D eigenvalue weighted by Gasteiger charge is 2.12. The molecule has 0 heterocycles. The summed E-state index contributed by atoms with van der Waals surface area (Å²) in [6, 6.07) is 8.19. The molecule has 0 saturated carbocycles. The molecule has 0 fully saturated rings. The highest BCUT2D eigenvalue weighted by atomic mass is 79.9. The molecule has 0 aliphatic rings. The first-order valence-corrected chi connectivity index (χ1v) is 9.00. The molecule has 28 heavy (non-hydrogen) atoms. The molecule has 2 rings (SSSR count). The monoisotopic (exact) mass is 519 g/mol. The number of hydrogen-bond acceptors (Lipinski definition) is 7. The molecule has 0 atom stereocenters. The number of hydrogen-bond donors (Lipinski definition) is 1. The van der Waals surface area contributed by atoms with Crippen molar-refractivity contribution in [1.29, 1.82) is 0 Å². The molecule has 0 amide bonds. The van der Waals surface area contributed by atoms with E-state index in [1.165, 1.54) is 27.4 Å². The number of nitrogens with two attached hydrogens (primary N) is 1. The van der Waals surface area contributed by atoms with Gasteiger partial charge in [-0.2, -0.15) is 0 Å². The maximum atomic E-state index is 11.2. The van der Waals surface area contributed by atoms with Crippen molar-refractivity contribution >= 4 is 49.5 Å². The number of carbonyl (C=O) groups excluding carboxylic acids is 2. The van der Waals surface area contributed by atoms with Gasteiger partial charge in [0, 0.05) is 8.95 Å². The summed E-state index contributed by atoms with van der Waals surface area (Å²) in [6.07, 6.45) is 0. The molecule has 0 saturated heterocycles. The zero-order valence-electron chi connectivity index (χ0n) is 15.2. The van der Waals surface area contributed by atoms with Gasteiger partial charge < -0.3 is 24.7 Å². The topological polar surface area (TPSA) is 97.1 Å². The minimum Gasteiger partial charge on any atom is -0.497 e. The van der Waals surface area contributed by atoms with E-state index < -0.39 is 5.97 Å². The first kappa shape index (κ1) is 25.7. The minimum absolute atomic E-state index is 0. The second-order valence-electron chi connectivity index (χ2n) is 4.94. The molecular weight excluding hydrogens is 498 g/mol. The van der Waals surface area contributed by atoms with Crippen LogP contribution in [0.3, 0.4) is 0 Å². The van der Waals surface area contributed by atoms with E-state index in [0.717, 1.165) is 4.47 Å². The number of ether oxygens (including phenoxy) is 4. The summed E-state index contributed by atoms with van der Waals surface area (Å²) in [4.78, 5) is 22.3. The summed E-state index contributed by atoms with van der Waals surface area (Å²) >= 11 is 6.49. The minimum atomic E-state index is -0.427. The molecule has 0 aromatic heterocycles. The number of anilines is 1. The van der Waals surface area contributed by atoms with E-state index in [1.54, 1.807) is 31.4 Å². The van der Waals surface area contributed by atoms with Crippen molar-refractivity contribution in [3.05, 3.63) is 50.4 Å². The van der Waals surface area contributed by atoms with E-state index in [-0.39, 0.29) is 13.4 Å². The highest BCUT2D eigenvalue weighted by molar-refractivity contribution is 9.10. The molecule has 0 bridgehead atoms.